The molecule has 4 rings (SSSR count). The maximum atomic E-state index is 12.5. The molecular formula is C22H18ClN3O. The fourth-order valence-corrected chi connectivity index (χ4v) is 3.27. The number of amides is 1. The van der Waals surface area contributed by atoms with Gasteiger partial charge in [0.15, 0.2) is 0 Å². The summed E-state index contributed by atoms with van der Waals surface area (Å²) in [5.74, 6) is 0.576. The average molecular weight is 376 g/mol. The Morgan fingerprint density at radius 1 is 0.963 bits per heavy atom. The molecule has 0 spiro atoms. The minimum Gasteiger partial charge on any atom is -0.311 e. The summed E-state index contributed by atoms with van der Waals surface area (Å²) in [4.78, 5) is 12.5. The van der Waals surface area contributed by atoms with Gasteiger partial charge in [-0.25, -0.2) is 4.68 Å². The van der Waals surface area contributed by atoms with E-state index in [1.807, 2.05) is 48.5 Å². The van der Waals surface area contributed by atoms with Crippen molar-refractivity contribution in [1.82, 2.24) is 9.78 Å². The number of halogens is 1. The molecule has 0 radical (unpaired) electrons. The first kappa shape index (κ1) is 17.3. The quantitative estimate of drug-likeness (QED) is 0.538. The molecule has 1 amide bonds. The van der Waals surface area contributed by atoms with Crippen LogP contribution in [-0.2, 0) is 17.8 Å². The summed E-state index contributed by atoms with van der Waals surface area (Å²) in [5.41, 5.74) is 1.93. The van der Waals surface area contributed by atoms with E-state index in [2.05, 4.69) is 28.6 Å². The van der Waals surface area contributed by atoms with E-state index in [1.165, 1.54) is 5.39 Å². The van der Waals surface area contributed by atoms with Crippen LogP contribution in [-0.4, -0.2) is 15.7 Å². The lowest BCUT2D eigenvalue weighted by atomic mass is 10.1. The maximum absolute atomic E-state index is 12.5. The maximum Gasteiger partial charge on any atom is 0.229 e. The van der Waals surface area contributed by atoms with Gasteiger partial charge in [-0.1, -0.05) is 72.3 Å². The van der Waals surface area contributed by atoms with Gasteiger partial charge in [-0.2, -0.15) is 5.10 Å². The van der Waals surface area contributed by atoms with Crippen LogP contribution in [0.3, 0.4) is 0 Å². The van der Waals surface area contributed by atoms with Gasteiger partial charge in [0.1, 0.15) is 5.82 Å². The Morgan fingerprint density at radius 3 is 2.59 bits per heavy atom. The van der Waals surface area contributed by atoms with Gasteiger partial charge in [0.2, 0.25) is 5.91 Å². The number of hydrogen-bond acceptors (Lipinski definition) is 2. The zero-order chi connectivity index (χ0) is 18.6. The molecule has 0 aliphatic heterocycles. The molecule has 0 aliphatic rings. The molecule has 0 atom stereocenters. The van der Waals surface area contributed by atoms with Crippen LogP contribution in [0.2, 0.25) is 5.02 Å². The van der Waals surface area contributed by atoms with Crippen LogP contribution < -0.4 is 5.32 Å². The van der Waals surface area contributed by atoms with Crippen molar-refractivity contribution in [3.8, 4) is 0 Å². The Labute approximate surface area is 162 Å². The lowest BCUT2D eigenvalue weighted by molar-refractivity contribution is -0.115. The molecule has 4 aromatic rings. The summed E-state index contributed by atoms with van der Waals surface area (Å²) in [6.45, 7) is 0.498. The number of nitrogens with one attached hydrogen (secondary N) is 1. The second-order valence-electron chi connectivity index (χ2n) is 6.37. The molecule has 5 heteroatoms. The second kappa shape index (κ2) is 7.64. The minimum absolute atomic E-state index is 0.0776. The lowest BCUT2D eigenvalue weighted by Crippen LogP contribution is -2.18. The number of anilines is 1. The van der Waals surface area contributed by atoms with Gasteiger partial charge in [0.05, 0.1) is 19.2 Å². The largest absolute Gasteiger partial charge is 0.311 e. The molecule has 3 aromatic carbocycles. The van der Waals surface area contributed by atoms with Gasteiger partial charge in [-0.15, -0.1) is 0 Å². The normalized spacial score (nSPS) is 10.9. The smallest absolute Gasteiger partial charge is 0.229 e. The molecule has 0 saturated carbocycles. The lowest BCUT2D eigenvalue weighted by Gasteiger charge is -2.10. The molecule has 0 saturated heterocycles. The molecule has 134 valence electrons. The van der Waals surface area contributed by atoms with Crippen molar-refractivity contribution in [2.24, 2.45) is 0 Å². The number of rotatable bonds is 5. The van der Waals surface area contributed by atoms with Crippen LogP contribution in [0.1, 0.15) is 11.1 Å². The summed E-state index contributed by atoms with van der Waals surface area (Å²) in [6.07, 6.45) is 1.98. The fraction of sp³-hybridized carbons (Fsp3) is 0.0909. The van der Waals surface area contributed by atoms with Crippen molar-refractivity contribution in [2.75, 3.05) is 5.32 Å². The van der Waals surface area contributed by atoms with Crippen molar-refractivity contribution in [1.29, 1.82) is 0 Å². The van der Waals surface area contributed by atoms with Gasteiger partial charge in [0.25, 0.3) is 0 Å². The molecule has 1 heterocycles. The monoisotopic (exact) mass is 375 g/mol. The predicted molar refractivity (Wildman–Crippen MR) is 109 cm³/mol. The van der Waals surface area contributed by atoms with E-state index in [0.29, 0.717) is 23.8 Å². The second-order valence-corrected chi connectivity index (χ2v) is 6.78. The van der Waals surface area contributed by atoms with E-state index >= 15 is 0 Å². The first-order chi connectivity index (χ1) is 13.2. The third kappa shape index (κ3) is 4.01. The van der Waals surface area contributed by atoms with Crippen molar-refractivity contribution >= 4 is 34.1 Å². The standard InChI is InChI=1S/C22H18ClN3O/c23-20-8-4-3-7-19(20)15-26-21(11-12-24-26)25-22(27)14-16-9-10-17-5-1-2-6-18(17)13-16/h1-13H,14-15H2,(H,25,27). The molecule has 0 fully saturated rings. The number of carbonyl (C=O) groups excluding carboxylic acids is 1. The number of nitrogens with zero attached hydrogens (tertiary/aromatic N) is 2. The SMILES string of the molecule is O=C(Cc1ccc2ccccc2c1)Nc1ccnn1Cc1ccccc1Cl. The van der Waals surface area contributed by atoms with Crippen LogP contribution in [0.4, 0.5) is 5.82 Å². The van der Waals surface area contributed by atoms with E-state index in [0.717, 1.165) is 16.5 Å². The van der Waals surface area contributed by atoms with Crippen molar-refractivity contribution in [3.05, 3.63) is 95.1 Å². The van der Waals surface area contributed by atoms with E-state index in [4.69, 9.17) is 11.6 Å². The molecule has 0 aliphatic carbocycles. The Kier molecular flexibility index (Phi) is 4.90. The van der Waals surface area contributed by atoms with Crippen molar-refractivity contribution in [2.45, 2.75) is 13.0 Å². The summed E-state index contributed by atoms with van der Waals surface area (Å²) < 4.78 is 1.74. The molecule has 4 nitrogen and oxygen atoms in total. The van der Waals surface area contributed by atoms with Crippen LogP contribution in [0.15, 0.2) is 79.0 Å². The molecule has 27 heavy (non-hydrogen) atoms. The highest BCUT2D eigenvalue weighted by Gasteiger charge is 2.10. The number of carbonyl (C=O) groups is 1. The van der Waals surface area contributed by atoms with Crippen LogP contribution in [0.5, 0.6) is 0 Å². The first-order valence-corrected chi connectivity index (χ1v) is 9.09. The van der Waals surface area contributed by atoms with Crippen LogP contribution >= 0.6 is 11.6 Å². The molecule has 0 bridgehead atoms. The number of fused-ring (bicyclic) bond motifs is 1. The zero-order valence-corrected chi connectivity index (χ0v) is 15.4. The topological polar surface area (TPSA) is 46.9 Å². The van der Waals surface area contributed by atoms with E-state index in [-0.39, 0.29) is 5.91 Å². The minimum atomic E-state index is -0.0776. The fourth-order valence-electron chi connectivity index (χ4n) is 3.07. The van der Waals surface area contributed by atoms with Crippen LogP contribution in [0, 0.1) is 0 Å². The molecule has 0 unspecified atom stereocenters. The number of benzene rings is 3. The third-order valence-electron chi connectivity index (χ3n) is 4.44. The third-order valence-corrected chi connectivity index (χ3v) is 4.81. The van der Waals surface area contributed by atoms with E-state index < -0.39 is 0 Å². The van der Waals surface area contributed by atoms with E-state index in [9.17, 15) is 4.79 Å². The Bertz CT molecular complexity index is 1100. The first-order valence-electron chi connectivity index (χ1n) is 8.72. The van der Waals surface area contributed by atoms with Crippen molar-refractivity contribution in [3.63, 3.8) is 0 Å². The molecule has 1 aromatic heterocycles. The highest BCUT2D eigenvalue weighted by molar-refractivity contribution is 6.31. The Morgan fingerprint density at radius 2 is 1.74 bits per heavy atom. The Balaban J connectivity index is 1.47. The summed E-state index contributed by atoms with van der Waals surface area (Å²) in [5, 5.41) is 10.2. The van der Waals surface area contributed by atoms with E-state index in [1.54, 1.807) is 16.9 Å². The molecular weight excluding hydrogens is 358 g/mol. The highest BCUT2D eigenvalue weighted by Crippen LogP contribution is 2.19. The van der Waals surface area contributed by atoms with Crippen molar-refractivity contribution < 1.29 is 4.79 Å². The predicted octanol–water partition coefficient (Wildman–Crippen LogP) is 4.92. The zero-order valence-electron chi connectivity index (χ0n) is 14.6. The van der Waals surface area contributed by atoms with Crippen LogP contribution in [0.25, 0.3) is 10.8 Å². The summed E-state index contributed by atoms with van der Waals surface area (Å²) >= 11 is 6.23. The summed E-state index contributed by atoms with van der Waals surface area (Å²) in [7, 11) is 0. The Hall–Kier alpha value is -3.11. The average Bonchev–Trinajstić information content (AvgIpc) is 3.10. The van der Waals surface area contributed by atoms with Gasteiger partial charge >= 0.3 is 0 Å². The highest BCUT2D eigenvalue weighted by atomic mass is 35.5. The van der Waals surface area contributed by atoms with Gasteiger partial charge < -0.3 is 5.32 Å². The van der Waals surface area contributed by atoms with Gasteiger partial charge in [0, 0.05) is 11.1 Å². The van der Waals surface area contributed by atoms with Gasteiger partial charge in [-0.3, -0.25) is 4.79 Å². The van der Waals surface area contributed by atoms with Gasteiger partial charge in [-0.05, 0) is 28.0 Å². The number of aromatic nitrogens is 2. The summed E-state index contributed by atoms with van der Waals surface area (Å²) in [6, 6.07) is 23.6. The number of hydrogen-bond donors (Lipinski definition) is 1. The molecule has 1 N–H and O–H groups in total.